The van der Waals surface area contributed by atoms with Gasteiger partial charge in [0.25, 0.3) is 0 Å². The van der Waals surface area contributed by atoms with E-state index in [1.165, 1.54) is 14.2 Å². The molecule has 116 valence electrons. The smallest absolute Gasteiger partial charge is 0.328 e. The zero-order valence-electron chi connectivity index (χ0n) is 12.5. The van der Waals surface area contributed by atoms with Gasteiger partial charge in [0.2, 0.25) is 5.92 Å². The van der Waals surface area contributed by atoms with Crippen LogP contribution in [-0.4, -0.2) is 57.4 Å². The van der Waals surface area contributed by atoms with Gasteiger partial charge in [-0.3, -0.25) is 14.4 Å². The number of ketones is 1. The van der Waals surface area contributed by atoms with Crippen LogP contribution in [0, 0.1) is 5.92 Å². The number of rotatable bonds is 9. The van der Waals surface area contributed by atoms with E-state index in [-0.39, 0.29) is 13.2 Å². The van der Waals surface area contributed by atoms with Crippen molar-refractivity contribution in [1.82, 2.24) is 0 Å². The first-order chi connectivity index (χ1) is 9.33. The fourth-order valence-corrected chi connectivity index (χ4v) is 1.50. The molecule has 0 spiro atoms. The van der Waals surface area contributed by atoms with Crippen molar-refractivity contribution in [2.24, 2.45) is 5.92 Å². The summed E-state index contributed by atoms with van der Waals surface area (Å²) in [5, 5.41) is 0. The van der Waals surface area contributed by atoms with E-state index in [2.05, 4.69) is 0 Å². The van der Waals surface area contributed by atoms with Gasteiger partial charge >= 0.3 is 11.9 Å². The molecule has 0 N–H and O–H groups in total. The van der Waals surface area contributed by atoms with Gasteiger partial charge in [-0.15, -0.1) is 0 Å². The highest BCUT2D eigenvalue weighted by atomic mass is 16.6. The largest absolute Gasteiger partial charge is 0.459 e. The molecule has 0 bridgehead atoms. The monoisotopic (exact) mass is 290 g/mol. The van der Waals surface area contributed by atoms with E-state index in [0.29, 0.717) is 0 Å². The second kappa shape index (κ2) is 9.44. The summed E-state index contributed by atoms with van der Waals surface area (Å²) < 4.78 is 19.5. The van der Waals surface area contributed by atoms with Gasteiger partial charge in [-0.25, -0.2) is 0 Å². The molecule has 0 saturated heterocycles. The van der Waals surface area contributed by atoms with Gasteiger partial charge < -0.3 is 18.9 Å². The molecule has 7 nitrogen and oxygen atoms in total. The lowest BCUT2D eigenvalue weighted by Gasteiger charge is -2.18. The second-order valence-corrected chi connectivity index (χ2v) is 4.45. The molecular formula is C13H22O7. The van der Waals surface area contributed by atoms with Gasteiger partial charge in [0.15, 0.2) is 5.78 Å². The molecule has 2 atom stereocenters. The Morgan fingerprint density at radius 3 is 1.45 bits per heavy atom. The van der Waals surface area contributed by atoms with E-state index in [0.717, 1.165) is 6.92 Å². The molecule has 7 heteroatoms. The van der Waals surface area contributed by atoms with Crippen molar-refractivity contribution in [3.8, 4) is 0 Å². The zero-order chi connectivity index (χ0) is 15.7. The van der Waals surface area contributed by atoms with E-state index in [1.807, 2.05) is 0 Å². The molecule has 0 heterocycles. The van der Waals surface area contributed by atoms with Crippen LogP contribution in [0.15, 0.2) is 0 Å². The molecule has 0 aliphatic rings. The fourth-order valence-electron chi connectivity index (χ4n) is 1.50. The van der Waals surface area contributed by atoms with Crippen molar-refractivity contribution < 1.29 is 33.3 Å². The second-order valence-electron chi connectivity index (χ2n) is 4.45. The molecule has 0 fully saturated rings. The van der Waals surface area contributed by atoms with Crippen molar-refractivity contribution in [3.63, 3.8) is 0 Å². The predicted molar refractivity (Wildman–Crippen MR) is 69.0 cm³/mol. The maximum atomic E-state index is 11.8. The highest BCUT2D eigenvalue weighted by molar-refractivity contribution is 6.14. The minimum absolute atomic E-state index is 0.172. The lowest BCUT2D eigenvalue weighted by molar-refractivity contribution is -0.170. The van der Waals surface area contributed by atoms with Gasteiger partial charge in [-0.1, -0.05) is 0 Å². The van der Waals surface area contributed by atoms with Crippen molar-refractivity contribution in [2.75, 3.05) is 27.4 Å². The number of ether oxygens (including phenoxy) is 4. The van der Waals surface area contributed by atoms with Crippen molar-refractivity contribution in [3.05, 3.63) is 0 Å². The Bertz CT molecular complexity index is 314. The van der Waals surface area contributed by atoms with Gasteiger partial charge in [-0.2, -0.15) is 0 Å². The highest BCUT2D eigenvalue weighted by Gasteiger charge is 2.36. The van der Waals surface area contributed by atoms with Crippen LogP contribution in [0.5, 0.6) is 0 Å². The van der Waals surface area contributed by atoms with Crippen LogP contribution in [0.25, 0.3) is 0 Å². The number of Topliss-reactive ketones (excluding diaryl/α,β-unsaturated/α-hetero) is 1. The van der Waals surface area contributed by atoms with Crippen LogP contribution in [0.4, 0.5) is 0 Å². The molecule has 20 heavy (non-hydrogen) atoms. The van der Waals surface area contributed by atoms with E-state index >= 15 is 0 Å². The Morgan fingerprint density at radius 2 is 1.20 bits per heavy atom. The van der Waals surface area contributed by atoms with Gasteiger partial charge in [0.1, 0.15) is 12.2 Å². The summed E-state index contributed by atoms with van der Waals surface area (Å²) >= 11 is 0. The molecule has 0 rings (SSSR count). The molecule has 0 radical (unpaired) electrons. The molecular weight excluding hydrogens is 268 g/mol. The highest BCUT2D eigenvalue weighted by Crippen LogP contribution is 2.09. The first-order valence-corrected chi connectivity index (χ1v) is 6.22. The van der Waals surface area contributed by atoms with E-state index in [1.54, 1.807) is 13.8 Å². The lowest BCUT2D eigenvalue weighted by atomic mass is 10.1. The average molecular weight is 290 g/mol. The minimum atomic E-state index is -1.58. The maximum absolute atomic E-state index is 11.8. The molecule has 0 aromatic rings. The number of carbonyl (C=O) groups excluding carboxylic acids is 3. The van der Waals surface area contributed by atoms with Crippen LogP contribution in [0.1, 0.15) is 20.8 Å². The van der Waals surface area contributed by atoms with E-state index in [4.69, 9.17) is 18.9 Å². The SMILES string of the molecule is COCC(C)OC(=O)C(C(C)=O)C(=O)OC(C)COC. The fraction of sp³-hybridized carbons (Fsp3) is 0.769. The normalized spacial score (nSPS) is 15.1. The first kappa shape index (κ1) is 18.5. The summed E-state index contributed by atoms with van der Waals surface area (Å²) in [5.74, 6) is -4.07. The van der Waals surface area contributed by atoms with Crippen LogP contribution < -0.4 is 0 Å². The summed E-state index contributed by atoms with van der Waals surface area (Å²) in [6.45, 7) is 4.67. The van der Waals surface area contributed by atoms with Gasteiger partial charge in [-0.05, 0) is 20.8 Å². The summed E-state index contributed by atoms with van der Waals surface area (Å²) in [6.07, 6.45) is -1.11. The van der Waals surface area contributed by atoms with Crippen molar-refractivity contribution in [1.29, 1.82) is 0 Å². The summed E-state index contributed by atoms with van der Waals surface area (Å²) in [4.78, 5) is 35.1. The van der Waals surface area contributed by atoms with Crippen LogP contribution in [-0.2, 0) is 33.3 Å². The van der Waals surface area contributed by atoms with Crippen LogP contribution in [0.2, 0.25) is 0 Å². The number of methoxy groups -OCH3 is 2. The van der Waals surface area contributed by atoms with Crippen LogP contribution >= 0.6 is 0 Å². The molecule has 0 saturated carbocycles. The average Bonchev–Trinajstić information content (AvgIpc) is 2.28. The Balaban J connectivity index is 4.66. The molecule has 0 aliphatic carbocycles. The topological polar surface area (TPSA) is 88.1 Å². The maximum Gasteiger partial charge on any atom is 0.328 e. The Kier molecular flexibility index (Phi) is 8.74. The first-order valence-electron chi connectivity index (χ1n) is 6.22. The minimum Gasteiger partial charge on any atom is -0.459 e. The number of esters is 2. The molecule has 0 amide bonds. The van der Waals surface area contributed by atoms with E-state index < -0.39 is 35.8 Å². The standard InChI is InChI=1S/C13H22O7/c1-8(6-17-4)19-12(15)11(10(3)14)13(16)20-9(2)7-18-5/h8-9,11H,6-7H2,1-5H3. The summed E-state index contributed by atoms with van der Waals surface area (Å²) in [6, 6.07) is 0. The third-order valence-corrected chi connectivity index (χ3v) is 2.32. The van der Waals surface area contributed by atoms with Gasteiger partial charge in [0.05, 0.1) is 13.2 Å². The number of carbonyl (C=O) groups is 3. The molecule has 0 aromatic carbocycles. The summed E-state index contributed by atoms with van der Waals surface area (Å²) in [7, 11) is 2.90. The van der Waals surface area contributed by atoms with Crippen molar-refractivity contribution in [2.45, 2.75) is 33.0 Å². The Hall–Kier alpha value is -1.47. The molecule has 0 aromatic heterocycles. The zero-order valence-corrected chi connectivity index (χ0v) is 12.5. The van der Waals surface area contributed by atoms with Crippen molar-refractivity contribution >= 4 is 17.7 Å². The lowest BCUT2D eigenvalue weighted by Crippen LogP contribution is -2.37. The number of hydrogen-bond donors (Lipinski definition) is 0. The quantitative estimate of drug-likeness (QED) is 0.447. The predicted octanol–water partition coefficient (Wildman–Crippen LogP) is 0.348. The van der Waals surface area contributed by atoms with Crippen LogP contribution in [0.3, 0.4) is 0 Å². The molecule has 2 unspecified atom stereocenters. The Labute approximate surface area is 118 Å². The molecule has 0 aliphatic heterocycles. The number of hydrogen-bond acceptors (Lipinski definition) is 7. The Morgan fingerprint density at radius 1 is 0.850 bits per heavy atom. The van der Waals surface area contributed by atoms with Gasteiger partial charge in [0, 0.05) is 14.2 Å². The van der Waals surface area contributed by atoms with E-state index in [9.17, 15) is 14.4 Å². The third kappa shape index (κ3) is 6.63. The third-order valence-electron chi connectivity index (χ3n) is 2.32. The summed E-state index contributed by atoms with van der Waals surface area (Å²) in [5.41, 5.74) is 0.